The lowest BCUT2D eigenvalue weighted by molar-refractivity contribution is -0.124. The molecule has 0 saturated carbocycles. The highest BCUT2D eigenvalue weighted by Crippen LogP contribution is 2.38. The van der Waals surface area contributed by atoms with Gasteiger partial charge in [-0.15, -0.1) is 11.3 Å². The molecule has 1 aliphatic heterocycles. The van der Waals surface area contributed by atoms with Crippen LogP contribution in [0.1, 0.15) is 22.4 Å². The van der Waals surface area contributed by atoms with Crippen LogP contribution in [0, 0.1) is 11.3 Å². The molecule has 1 fully saturated rings. The first-order valence-electron chi connectivity index (χ1n) is 6.54. The first-order chi connectivity index (χ1) is 9.69. The fraction of sp³-hybridized carbons (Fsp3) is 0.462. The van der Waals surface area contributed by atoms with E-state index in [1.807, 2.05) is 0 Å². The second-order valence-electron chi connectivity index (χ2n) is 4.90. The molecule has 3 N–H and O–H groups in total. The number of aryl methyl sites for hydroxylation is 1. The van der Waals surface area contributed by atoms with Gasteiger partial charge in [-0.25, -0.2) is 0 Å². The highest BCUT2D eigenvalue weighted by molar-refractivity contribution is 7.16. The summed E-state index contributed by atoms with van der Waals surface area (Å²) in [6.45, 7) is 0.418. The number of carbonyl (C=O) groups is 2. The van der Waals surface area contributed by atoms with Gasteiger partial charge in [0, 0.05) is 11.4 Å². The number of nitrogens with zero attached hydrogens (tertiary/aromatic N) is 1. The average molecular weight is 290 g/mol. The zero-order chi connectivity index (χ0) is 14.1. The van der Waals surface area contributed by atoms with E-state index in [-0.39, 0.29) is 24.9 Å². The van der Waals surface area contributed by atoms with Gasteiger partial charge in [-0.05, 0) is 24.8 Å². The number of piperazine rings is 1. The Hall–Kier alpha value is -1.91. The molecule has 6 nitrogen and oxygen atoms in total. The van der Waals surface area contributed by atoms with Gasteiger partial charge in [0.25, 0.3) is 0 Å². The maximum Gasteiger partial charge on any atom is 0.243 e. The van der Waals surface area contributed by atoms with Crippen LogP contribution in [0.4, 0.5) is 5.00 Å². The van der Waals surface area contributed by atoms with E-state index in [2.05, 4.69) is 22.0 Å². The minimum Gasteiger partial charge on any atom is -0.353 e. The van der Waals surface area contributed by atoms with E-state index in [0.29, 0.717) is 10.6 Å². The summed E-state index contributed by atoms with van der Waals surface area (Å²) in [5.41, 5.74) is 1.70. The molecule has 0 spiro atoms. The van der Waals surface area contributed by atoms with E-state index in [1.54, 1.807) is 0 Å². The molecular weight excluding hydrogens is 276 g/mol. The molecule has 1 atom stereocenters. The Bertz CT molecular complexity index is 607. The molecular formula is C13H14N4O2S. The van der Waals surface area contributed by atoms with Crippen LogP contribution in [0.3, 0.4) is 0 Å². The maximum absolute atomic E-state index is 12.1. The van der Waals surface area contributed by atoms with Crippen LogP contribution < -0.4 is 16.0 Å². The zero-order valence-corrected chi connectivity index (χ0v) is 11.6. The van der Waals surface area contributed by atoms with Crippen LogP contribution in [0.5, 0.6) is 0 Å². The second kappa shape index (κ2) is 5.23. The summed E-state index contributed by atoms with van der Waals surface area (Å²) in [6.07, 6.45) is 2.99. The van der Waals surface area contributed by atoms with Gasteiger partial charge >= 0.3 is 0 Å². The summed E-state index contributed by atoms with van der Waals surface area (Å²) >= 11 is 1.50. The van der Waals surface area contributed by atoms with E-state index in [0.717, 1.165) is 24.8 Å². The Morgan fingerprint density at radius 3 is 3.00 bits per heavy atom. The van der Waals surface area contributed by atoms with Crippen LogP contribution in [-0.4, -0.2) is 30.9 Å². The lowest BCUT2D eigenvalue weighted by Gasteiger charge is -2.22. The molecule has 1 aliphatic carbocycles. The first-order valence-corrected chi connectivity index (χ1v) is 7.36. The van der Waals surface area contributed by atoms with E-state index in [1.165, 1.54) is 16.2 Å². The van der Waals surface area contributed by atoms with Crippen molar-refractivity contribution >= 4 is 28.2 Å². The Balaban J connectivity index is 1.74. The fourth-order valence-electron chi connectivity index (χ4n) is 2.56. The number of amides is 2. The monoisotopic (exact) mass is 290 g/mol. The molecule has 2 amide bonds. The van der Waals surface area contributed by atoms with Crippen LogP contribution in [0.15, 0.2) is 0 Å². The summed E-state index contributed by atoms with van der Waals surface area (Å²) in [4.78, 5) is 24.4. The molecule has 0 aromatic carbocycles. The topological polar surface area (TPSA) is 94.0 Å². The van der Waals surface area contributed by atoms with Gasteiger partial charge in [-0.2, -0.15) is 5.26 Å². The second-order valence-corrected chi connectivity index (χ2v) is 6.01. The number of hydrogen-bond acceptors (Lipinski definition) is 5. The number of carbonyl (C=O) groups excluding carboxylic acids is 2. The molecule has 1 unspecified atom stereocenters. The lowest BCUT2D eigenvalue weighted by Crippen LogP contribution is -2.56. The zero-order valence-electron chi connectivity index (χ0n) is 10.8. The standard InChI is InChI=1S/C13H14N4O2S/c14-4-8-7-2-1-3-10(7)20-13(8)17-12(19)9-5-16-11(18)6-15-9/h9,15H,1-3,5-6H2,(H,16,18)(H,17,19). The van der Waals surface area contributed by atoms with E-state index in [4.69, 9.17) is 0 Å². The molecule has 0 bridgehead atoms. The van der Waals surface area contributed by atoms with Crippen molar-refractivity contribution in [1.82, 2.24) is 10.6 Å². The Morgan fingerprint density at radius 2 is 2.30 bits per heavy atom. The van der Waals surface area contributed by atoms with Gasteiger partial charge in [-0.1, -0.05) is 0 Å². The van der Waals surface area contributed by atoms with Crippen molar-refractivity contribution in [3.8, 4) is 6.07 Å². The Kier molecular flexibility index (Phi) is 3.42. The average Bonchev–Trinajstić information content (AvgIpc) is 2.99. The Labute approximate surface area is 120 Å². The van der Waals surface area contributed by atoms with Crippen LogP contribution in [-0.2, 0) is 22.4 Å². The van der Waals surface area contributed by atoms with E-state index >= 15 is 0 Å². The SMILES string of the molecule is N#Cc1c(NC(=O)C2CNC(=O)CN2)sc2c1CCC2. The van der Waals surface area contributed by atoms with Crippen LogP contribution >= 0.6 is 11.3 Å². The van der Waals surface area contributed by atoms with Crippen molar-refractivity contribution in [2.24, 2.45) is 0 Å². The number of thiophene rings is 1. The molecule has 1 aromatic rings. The summed E-state index contributed by atoms with van der Waals surface area (Å²) in [7, 11) is 0. The molecule has 2 aliphatic rings. The van der Waals surface area contributed by atoms with Gasteiger partial charge in [0.1, 0.15) is 17.1 Å². The van der Waals surface area contributed by atoms with Crippen molar-refractivity contribution < 1.29 is 9.59 Å². The predicted molar refractivity (Wildman–Crippen MR) is 74.5 cm³/mol. The minimum atomic E-state index is -0.448. The number of anilines is 1. The van der Waals surface area contributed by atoms with Gasteiger partial charge in [0.2, 0.25) is 11.8 Å². The third kappa shape index (κ3) is 2.28. The van der Waals surface area contributed by atoms with Gasteiger partial charge in [0.15, 0.2) is 0 Å². The van der Waals surface area contributed by atoms with Crippen molar-refractivity contribution in [2.45, 2.75) is 25.3 Å². The van der Waals surface area contributed by atoms with Gasteiger partial charge < -0.3 is 10.6 Å². The van der Waals surface area contributed by atoms with Crippen LogP contribution in [0.25, 0.3) is 0 Å². The highest BCUT2D eigenvalue weighted by atomic mass is 32.1. The van der Waals surface area contributed by atoms with Crippen molar-refractivity contribution in [3.05, 3.63) is 16.0 Å². The Morgan fingerprint density at radius 1 is 1.45 bits per heavy atom. The molecule has 20 heavy (non-hydrogen) atoms. The molecule has 0 radical (unpaired) electrons. The van der Waals surface area contributed by atoms with Crippen molar-refractivity contribution in [2.75, 3.05) is 18.4 Å². The fourth-order valence-corrected chi connectivity index (χ4v) is 3.80. The summed E-state index contributed by atoms with van der Waals surface area (Å²) in [6, 6.07) is 1.75. The number of fused-ring (bicyclic) bond motifs is 1. The number of rotatable bonds is 2. The van der Waals surface area contributed by atoms with E-state index < -0.39 is 6.04 Å². The number of nitriles is 1. The quantitative estimate of drug-likeness (QED) is 0.722. The third-order valence-electron chi connectivity index (χ3n) is 3.60. The molecule has 3 rings (SSSR count). The summed E-state index contributed by atoms with van der Waals surface area (Å²) < 4.78 is 0. The number of hydrogen-bond donors (Lipinski definition) is 3. The predicted octanol–water partition coefficient (Wildman–Crippen LogP) is 0.135. The van der Waals surface area contributed by atoms with Crippen molar-refractivity contribution in [1.29, 1.82) is 5.26 Å². The third-order valence-corrected chi connectivity index (χ3v) is 4.81. The molecule has 104 valence electrons. The van der Waals surface area contributed by atoms with Gasteiger partial charge in [0.05, 0.1) is 12.1 Å². The van der Waals surface area contributed by atoms with Gasteiger partial charge in [-0.3, -0.25) is 14.9 Å². The first kappa shape index (κ1) is 13.1. The normalized spacial score (nSPS) is 20.9. The molecule has 1 aromatic heterocycles. The van der Waals surface area contributed by atoms with Crippen LogP contribution in [0.2, 0.25) is 0 Å². The molecule has 1 saturated heterocycles. The largest absolute Gasteiger partial charge is 0.353 e. The summed E-state index contributed by atoms with van der Waals surface area (Å²) in [5, 5.41) is 18.2. The number of nitrogens with one attached hydrogen (secondary N) is 3. The maximum atomic E-state index is 12.1. The highest BCUT2D eigenvalue weighted by Gasteiger charge is 2.27. The molecule has 7 heteroatoms. The lowest BCUT2D eigenvalue weighted by atomic mass is 10.1. The van der Waals surface area contributed by atoms with Crippen molar-refractivity contribution in [3.63, 3.8) is 0 Å². The molecule has 2 heterocycles. The summed E-state index contributed by atoms with van der Waals surface area (Å²) in [5.74, 6) is -0.316. The van der Waals surface area contributed by atoms with E-state index in [9.17, 15) is 14.9 Å². The minimum absolute atomic E-state index is 0.109. The smallest absolute Gasteiger partial charge is 0.243 e.